The summed E-state index contributed by atoms with van der Waals surface area (Å²) in [6.45, 7) is 8.59. The molecule has 1 saturated carbocycles. The number of methoxy groups -OCH3 is 1. The fourth-order valence-electron chi connectivity index (χ4n) is 3.69. The van der Waals surface area contributed by atoms with E-state index in [4.69, 9.17) is 4.74 Å². The number of allylic oxidation sites excluding steroid dienone is 2. The van der Waals surface area contributed by atoms with Gasteiger partial charge in [-0.05, 0) is 56.8 Å². The summed E-state index contributed by atoms with van der Waals surface area (Å²) in [6.07, 6.45) is 7.10. The van der Waals surface area contributed by atoms with E-state index in [-0.39, 0.29) is 11.9 Å². The number of hydrogen-bond donors (Lipinski definition) is 0. The van der Waals surface area contributed by atoms with Gasteiger partial charge in [-0.2, -0.15) is 0 Å². The van der Waals surface area contributed by atoms with Crippen LogP contribution in [0.1, 0.15) is 52.4 Å². The normalized spacial score (nSPS) is 31.8. The molecular weight excluding hydrogens is 224 g/mol. The van der Waals surface area contributed by atoms with Crippen molar-refractivity contribution in [1.82, 2.24) is 0 Å². The lowest BCUT2D eigenvalue weighted by atomic mass is 9.61. The highest BCUT2D eigenvalue weighted by molar-refractivity contribution is 5.88. The van der Waals surface area contributed by atoms with E-state index in [1.165, 1.54) is 32.8 Å². The average molecular weight is 248 g/mol. The third-order valence-corrected chi connectivity index (χ3v) is 4.96. The number of rotatable bonds is 2. The standard InChI is InChI=1S/C16H24O2/c1-11-6-5-8-16(3)9-7-13(10-14(11)16)12(2)15(17)18-4/h13H,2,5-10H2,1,3-4H3/t13-,16-/m1/s1. The third-order valence-electron chi connectivity index (χ3n) is 4.96. The molecule has 0 radical (unpaired) electrons. The van der Waals surface area contributed by atoms with Crippen LogP contribution in [-0.4, -0.2) is 13.1 Å². The van der Waals surface area contributed by atoms with Crippen molar-refractivity contribution in [3.05, 3.63) is 23.3 Å². The molecule has 0 unspecified atom stereocenters. The average Bonchev–Trinajstić information content (AvgIpc) is 2.36. The van der Waals surface area contributed by atoms with Crippen molar-refractivity contribution in [2.24, 2.45) is 11.3 Å². The predicted octanol–water partition coefficient (Wildman–Crippen LogP) is 4.02. The molecule has 0 N–H and O–H groups in total. The van der Waals surface area contributed by atoms with Crippen LogP contribution in [0.2, 0.25) is 0 Å². The van der Waals surface area contributed by atoms with Crippen molar-refractivity contribution < 1.29 is 9.53 Å². The molecule has 2 nitrogen and oxygen atoms in total. The van der Waals surface area contributed by atoms with Crippen LogP contribution >= 0.6 is 0 Å². The number of carbonyl (C=O) groups excluding carboxylic acids is 1. The molecule has 1 fully saturated rings. The van der Waals surface area contributed by atoms with Crippen molar-refractivity contribution in [2.75, 3.05) is 7.11 Å². The molecule has 2 rings (SSSR count). The molecular formula is C16H24O2. The molecule has 2 atom stereocenters. The van der Waals surface area contributed by atoms with Gasteiger partial charge in [-0.1, -0.05) is 24.6 Å². The number of fused-ring (bicyclic) bond motifs is 1. The molecule has 0 spiro atoms. The van der Waals surface area contributed by atoms with Gasteiger partial charge in [0.15, 0.2) is 0 Å². The Morgan fingerprint density at radius 1 is 1.44 bits per heavy atom. The highest BCUT2D eigenvalue weighted by atomic mass is 16.5. The van der Waals surface area contributed by atoms with E-state index >= 15 is 0 Å². The van der Waals surface area contributed by atoms with E-state index < -0.39 is 0 Å². The molecule has 0 aromatic rings. The Labute approximate surface area is 110 Å². The summed E-state index contributed by atoms with van der Waals surface area (Å²) >= 11 is 0. The van der Waals surface area contributed by atoms with Gasteiger partial charge in [0, 0.05) is 5.57 Å². The lowest BCUT2D eigenvalue weighted by molar-refractivity contribution is -0.136. The summed E-state index contributed by atoms with van der Waals surface area (Å²) in [4.78, 5) is 11.6. The van der Waals surface area contributed by atoms with Crippen molar-refractivity contribution in [3.8, 4) is 0 Å². The van der Waals surface area contributed by atoms with Crippen LogP contribution in [0.5, 0.6) is 0 Å². The first-order valence-electron chi connectivity index (χ1n) is 6.94. The summed E-state index contributed by atoms with van der Waals surface area (Å²) in [7, 11) is 1.44. The maximum atomic E-state index is 11.6. The summed E-state index contributed by atoms with van der Waals surface area (Å²) in [6, 6.07) is 0. The SMILES string of the molecule is C=C(C(=O)OC)[C@@H]1CC[C@@]2(C)CCCC(C)=C2C1. The number of hydrogen-bond acceptors (Lipinski definition) is 2. The minimum atomic E-state index is -0.238. The van der Waals surface area contributed by atoms with Crippen molar-refractivity contribution in [1.29, 1.82) is 0 Å². The Bertz CT molecular complexity index is 405. The third kappa shape index (κ3) is 2.25. The zero-order valence-corrected chi connectivity index (χ0v) is 11.8. The zero-order valence-electron chi connectivity index (χ0n) is 11.8. The van der Waals surface area contributed by atoms with Crippen molar-refractivity contribution in [2.45, 2.75) is 52.4 Å². The van der Waals surface area contributed by atoms with Gasteiger partial charge in [0.25, 0.3) is 0 Å². The smallest absolute Gasteiger partial charge is 0.333 e. The Balaban J connectivity index is 2.18. The fourth-order valence-corrected chi connectivity index (χ4v) is 3.69. The second kappa shape index (κ2) is 4.91. The van der Waals surface area contributed by atoms with Crippen LogP contribution in [-0.2, 0) is 9.53 Å². The summed E-state index contributed by atoms with van der Waals surface area (Å²) in [5.41, 5.74) is 4.18. The van der Waals surface area contributed by atoms with Crippen molar-refractivity contribution in [3.63, 3.8) is 0 Å². The van der Waals surface area contributed by atoms with Crippen LogP contribution < -0.4 is 0 Å². The predicted molar refractivity (Wildman–Crippen MR) is 73.2 cm³/mol. The van der Waals surface area contributed by atoms with Crippen LogP contribution in [0.25, 0.3) is 0 Å². The lowest BCUT2D eigenvalue weighted by Crippen LogP contribution is -2.32. The topological polar surface area (TPSA) is 26.3 Å². The van der Waals surface area contributed by atoms with Crippen LogP contribution in [0.3, 0.4) is 0 Å². The number of carbonyl (C=O) groups is 1. The molecule has 100 valence electrons. The van der Waals surface area contributed by atoms with Crippen LogP contribution in [0.15, 0.2) is 23.3 Å². The second-order valence-electron chi connectivity index (χ2n) is 6.13. The van der Waals surface area contributed by atoms with Gasteiger partial charge in [-0.3, -0.25) is 0 Å². The lowest BCUT2D eigenvalue weighted by Gasteiger charge is -2.44. The first-order chi connectivity index (χ1) is 8.48. The summed E-state index contributed by atoms with van der Waals surface area (Å²) < 4.78 is 4.80. The van der Waals surface area contributed by atoms with Gasteiger partial charge in [-0.15, -0.1) is 0 Å². The first-order valence-corrected chi connectivity index (χ1v) is 6.94. The molecule has 0 amide bonds. The molecule has 18 heavy (non-hydrogen) atoms. The first kappa shape index (κ1) is 13.4. The highest BCUT2D eigenvalue weighted by Gasteiger charge is 2.39. The van der Waals surface area contributed by atoms with Gasteiger partial charge in [0.05, 0.1) is 7.11 Å². The molecule has 0 aliphatic heterocycles. The van der Waals surface area contributed by atoms with E-state index in [1.807, 2.05) is 0 Å². The summed E-state index contributed by atoms with van der Waals surface area (Å²) in [5.74, 6) is 0.0474. The molecule has 2 aliphatic rings. The molecule has 0 bridgehead atoms. The summed E-state index contributed by atoms with van der Waals surface area (Å²) in [5, 5.41) is 0. The fraction of sp³-hybridized carbons (Fsp3) is 0.688. The Morgan fingerprint density at radius 3 is 2.83 bits per heavy atom. The minimum absolute atomic E-state index is 0.238. The van der Waals surface area contributed by atoms with Gasteiger partial charge in [0.1, 0.15) is 0 Å². The van der Waals surface area contributed by atoms with Crippen LogP contribution in [0.4, 0.5) is 0 Å². The Hall–Kier alpha value is -1.05. The maximum Gasteiger partial charge on any atom is 0.333 e. The van der Waals surface area contributed by atoms with Crippen molar-refractivity contribution >= 4 is 5.97 Å². The molecule has 0 aromatic heterocycles. The van der Waals surface area contributed by atoms with Gasteiger partial charge in [-0.25, -0.2) is 4.79 Å². The molecule has 2 aliphatic carbocycles. The van der Waals surface area contributed by atoms with E-state index in [0.717, 1.165) is 12.8 Å². The molecule has 2 heteroatoms. The van der Waals surface area contributed by atoms with Gasteiger partial charge in [0.2, 0.25) is 0 Å². The molecule has 0 saturated heterocycles. The van der Waals surface area contributed by atoms with Gasteiger partial charge < -0.3 is 4.74 Å². The van der Waals surface area contributed by atoms with E-state index in [0.29, 0.717) is 11.0 Å². The number of esters is 1. The highest BCUT2D eigenvalue weighted by Crippen LogP contribution is 2.52. The zero-order chi connectivity index (χ0) is 13.3. The van der Waals surface area contributed by atoms with Crippen LogP contribution in [0, 0.1) is 11.3 Å². The largest absolute Gasteiger partial charge is 0.466 e. The quantitative estimate of drug-likeness (QED) is 0.419. The van der Waals surface area contributed by atoms with Gasteiger partial charge >= 0.3 is 5.97 Å². The Morgan fingerprint density at radius 2 is 2.17 bits per heavy atom. The Kier molecular flexibility index (Phi) is 3.65. The number of ether oxygens (including phenoxy) is 1. The maximum absolute atomic E-state index is 11.6. The monoisotopic (exact) mass is 248 g/mol. The molecule has 0 heterocycles. The second-order valence-corrected chi connectivity index (χ2v) is 6.13. The van der Waals surface area contributed by atoms with E-state index in [1.54, 1.807) is 11.1 Å². The van der Waals surface area contributed by atoms with E-state index in [9.17, 15) is 4.79 Å². The van der Waals surface area contributed by atoms with E-state index in [2.05, 4.69) is 20.4 Å². The minimum Gasteiger partial charge on any atom is -0.466 e. The molecule has 0 aromatic carbocycles.